The molecular formula is C15H30N2. The Morgan fingerprint density at radius 2 is 1.82 bits per heavy atom. The van der Waals surface area contributed by atoms with E-state index in [0.717, 1.165) is 12.0 Å². The first-order valence-corrected chi connectivity index (χ1v) is 7.39. The zero-order valence-electron chi connectivity index (χ0n) is 12.1. The van der Waals surface area contributed by atoms with Crippen LogP contribution in [0.3, 0.4) is 0 Å². The molecule has 0 aromatic heterocycles. The van der Waals surface area contributed by atoms with E-state index < -0.39 is 0 Å². The third kappa shape index (κ3) is 3.23. The van der Waals surface area contributed by atoms with Crippen molar-refractivity contribution < 1.29 is 0 Å². The quantitative estimate of drug-likeness (QED) is 0.761. The van der Waals surface area contributed by atoms with E-state index in [-0.39, 0.29) is 0 Å². The maximum Gasteiger partial charge on any atom is 0.0106 e. The molecule has 0 amide bonds. The zero-order chi connectivity index (χ0) is 12.6. The first-order chi connectivity index (χ1) is 7.87. The molecule has 2 rings (SSSR count). The van der Waals surface area contributed by atoms with E-state index in [1.165, 1.54) is 38.6 Å². The van der Waals surface area contributed by atoms with Gasteiger partial charge in [0.05, 0.1) is 0 Å². The number of rotatable bonds is 1. The topological polar surface area (TPSA) is 29.3 Å². The second-order valence-electron chi connectivity index (χ2n) is 7.44. The van der Waals surface area contributed by atoms with Crippen molar-refractivity contribution in [2.75, 3.05) is 6.54 Å². The number of likely N-dealkylation sites (tertiary alicyclic amines) is 1. The Morgan fingerprint density at radius 1 is 1.12 bits per heavy atom. The summed E-state index contributed by atoms with van der Waals surface area (Å²) in [5.74, 6) is 0.881. The van der Waals surface area contributed by atoms with Crippen LogP contribution in [0.15, 0.2) is 0 Å². The minimum Gasteiger partial charge on any atom is -0.328 e. The third-order valence-electron chi connectivity index (χ3n) is 4.80. The predicted molar refractivity (Wildman–Crippen MR) is 74.0 cm³/mol. The van der Waals surface area contributed by atoms with E-state index in [4.69, 9.17) is 5.73 Å². The molecule has 2 aliphatic rings. The SMILES string of the molecule is CC1CC(N2CCC(N)CC2C)CC(C)(C)C1. The molecule has 0 aromatic rings. The molecule has 0 spiro atoms. The van der Waals surface area contributed by atoms with Crippen LogP contribution in [0.4, 0.5) is 0 Å². The van der Waals surface area contributed by atoms with Gasteiger partial charge in [-0.2, -0.15) is 0 Å². The monoisotopic (exact) mass is 238 g/mol. The van der Waals surface area contributed by atoms with Gasteiger partial charge in [0, 0.05) is 24.7 Å². The standard InChI is InChI=1S/C15H30N2/c1-11-7-14(10-15(3,4)9-11)17-6-5-13(16)8-12(17)2/h11-14H,5-10,16H2,1-4H3. The zero-order valence-corrected chi connectivity index (χ0v) is 12.1. The van der Waals surface area contributed by atoms with E-state index in [1.54, 1.807) is 0 Å². The molecule has 2 heteroatoms. The smallest absolute Gasteiger partial charge is 0.0106 e. The van der Waals surface area contributed by atoms with Crippen molar-refractivity contribution in [2.24, 2.45) is 17.1 Å². The Hall–Kier alpha value is -0.0800. The van der Waals surface area contributed by atoms with Crippen molar-refractivity contribution in [3.63, 3.8) is 0 Å². The summed E-state index contributed by atoms with van der Waals surface area (Å²) < 4.78 is 0. The van der Waals surface area contributed by atoms with E-state index in [0.29, 0.717) is 17.5 Å². The number of hydrogen-bond donors (Lipinski definition) is 1. The summed E-state index contributed by atoms with van der Waals surface area (Å²) in [6.45, 7) is 10.9. The molecule has 4 unspecified atom stereocenters. The second kappa shape index (κ2) is 4.89. The highest BCUT2D eigenvalue weighted by Gasteiger charge is 2.37. The molecule has 1 heterocycles. The molecule has 1 aliphatic heterocycles. The highest BCUT2D eigenvalue weighted by Crippen LogP contribution is 2.41. The molecule has 0 bridgehead atoms. The largest absolute Gasteiger partial charge is 0.328 e. The molecule has 17 heavy (non-hydrogen) atoms. The lowest BCUT2D eigenvalue weighted by atomic mass is 9.69. The lowest BCUT2D eigenvalue weighted by Crippen LogP contribution is -2.53. The summed E-state index contributed by atoms with van der Waals surface area (Å²) in [7, 11) is 0. The van der Waals surface area contributed by atoms with Crippen molar-refractivity contribution in [1.82, 2.24) is 4.90 Å². The maximum absolute atomic E-state index is 6.07. The van der Waals surface area contributed by atoms with Crippen LogP contribution < -0.4 is 5.73 Å². The van der Waals surface area contributed by atoms with Crippen LogP contribution in [0, 0.1) is 11.3 Å². The molecule has 100 valence electrons. The van der Waals surface area contributed by atoms with Gasteiger partial charge in [0.2, 0.25) is 0 Å². The Labute approximate surface area is 107 Å². The maximum atomic E-state index is 6.07. The number of nitrogens with zero attached hydrogens (tertiary/aromatic N) is 1. The molecule has 1 saturated carbocycles. The Kier molecular flexibility index (Phi) is 3.84. The van der Waals surface area contributed by atoms with Gasteiger partial charge in [0.1, 0.15) is 0 Å². The highest BCUT2D eigenvalue weighted by molar-refractivity contribution is 4.92. The molecule has 0 aromatic carbocycles. The van der Waals surface area contributed by atoms with Crippen LogP contribution in [0.1, 0.15) is 59.8 Å². The minimum atomic E-state index is 0.440. The molecule has 1 saturated heterocycles. The van der Waals surface area contributed by atoms with Crippen molar-refractivity contribution in [3.8, 4) is 0 Å². The Balaban J connectivity index is 2.01. The second-order valence-corrected chi connectivity index (χ2v) is 7.44. The summed E-state index contributed by atoms with van der Waals surface area (Å²) in [6.07, 6.45) is 6.53. The van der Waals surface area contributed by atoms with Crippen molar-refractivity contribution in [2.45, 2.75) is 77.9 Å². The van der Waals surface area contributed by atoms with Crippen LogP contribution in [0.2, 0.25) is 0 Å². The van der Waals surface area contributed by atoms with Gasteiger partial charge < -0.3 is 5.73 Å². The lowest BCUT2D eigenvalue weighted by molar-refractivity contribution is 0.0228. The van der Waals surface area contributed by atoms with E-state index in [9.17, 15) is 0 Å². The summed E-state index contributed by atoms with van der Waals surface area (Å²) in [4.78, 5) is 2.75. The van der Waals surface area contributed by atoms with Gasteiger partial charge in [0.15, 0.2) is 0 Å². The fourth-order valence-corrected chi connectivity index (χ4v) is 4.32. The van der Waals surface area contributed by atoms with Crippen molar-refractivity contribution >= 4 is 0 Å². The fraction of sp³-hybridized carbons (Fsp3) is 1.00. The van der Waals surface area contributed by atoms with Crippen LogP contribution in [-0.2, 0) is 0 Å². The molecular weight excluding hydrogens is 208 g/mol. The van der Waals surface area contributed by atoms with Crippen molar-refractivity contribution in [3.05, 3.63) is 0 Å². The number of nitrogens with two attached hydrogens (primary N) is 1. The van der Waals surface area contributed by atoms with Gasteiger partial charge in [-0.3, -0.25) is 4.90 Å². The molecule has 2 fully saturated rings. The lowest BCUT2D eigenvalue weighted by Gasteiger charge is -2.48. The van der Waals surface area contributed by atoms with E-state index in [1.807, 2.05) is 0 Å². The Morgan fingerprint density at radius 3 is 2.41 bits per heavy atom. The molecule has 2 N–H and O–H groups in total. The van der Waals surface area contributed by atoms with Gasteiger partial charge in [-0.25, -0.2) is 0 Å². The average Bonchev–Trinajstić information content (AvgIpc) is 2.13. The van der Waals surface area contributed by atoms with Crippen molar-refractivity contribution in [1.29, 1.82) is 0 Å². The fourth-order valence-electron chi connectivity index (χ4n) is 4.32. The predicted octanol–water partition coefficient (Wildman–Crippen LogP) is 3.01. The third-order valence-corrected chi connectivity index (χ3v) is 4.80. The molecule has 2 nitrogen and oxygen atoms in total. The van der Waals surface area contributed by atoms with Crippen LogP contribution >= 0.6 is 0 Å². The van der Waals surface area contributed by atoms with Crippen LogP contribution in [-0.4, -0.2) is 29.6 Å². The van der Waals surface area contributed by atoms with E-state index in [2.05, 4.69) is 32.6 Å². The Bertz CT molecular complexity index is 262. The van der Waals surface area contributed by atoms with Gasteiger partial charge >= 0.3 is 0 Å². The minimum absolute atomic E-state index is 0.440. The molecule has 4 atom stereocenters. The number of hydrogen-bond acceptors (Lipinski definition) is 2. The van der Waals surface area contributed by atoms with Gasteiger partial charge in [-0.1, -0.05) is 20.8 Å². The van der Waals surface area contributed by atoms with Crippen LogP contribution in [0.5, 0.6) is 0 Å². The van der Waals surface area contributed by atoms with Crippen LogP contribution in [0.25, 0.3) is 0 Å². The normalized spacial score (nSPS) is 43.6. The molecule has 1 aliphatic carbocycles. The van der Waals surface area contributed by atoms with Gasteiger partial charge in [-0.15, -0.1) is 0 Å². The summed E-state index contributed by atoms with van der Waals surface area (Å²) >= 11 is 0. The van der Waals surface area contributed by atoms with Gasteiger partial charge in [0.25, 0.3) is 0 Å². The number of piperidine rings is 1. The van der Waals surface area contributed by atoms with Gasteiger partial charge in [-0.05, 0) is 50.4 Å². The summed E-state index contributed by atoms with van der Waals surface area (Å²) in [6, 6.07) is 1.93. The summed E-state index contributed by atoms with van der Waals surface area (Å²) in [5.41, 5.74) is 6.60. The molecule has 0 radical (unpaired) electrons. The first-order valence-electron chi connectivity index (χ1n) is 7.39. The first kappa shape index (κ1) is 13.4. The highest BCUT2D eigenvalue weighted by atomic mass is 15.2. The van der Waals surface area contributed by atoms with E-state index >= 15 is 0 Å². The average molecular weight is 238 g/mol. The summed E-state index contributed by atoms with van der Waals surface area (Å²) in [5, 5.41) is 0.